The van der Waals surface area contributed by atoms with Gasteiger partial charge in [-0.05, 0) is 66.8 Å². The lowest BCUT2D eigenvalue weighted by molar-refractivity contribution is -0.120. The molecule has 1 amide bonds. The van der Waals surface area contributed by atoms with Crippen molar-refractivity contribution < 1.29 is 9.90 Å². The van der Waals surface area contributed by atoms with Gasteiger partial charge in [-0.2, -0.15) is 5.10 Å². The van der Waals surface area contributed by atoms with Crippen LogP contribution in [0, 0.1) is 17.8 Å². The molecule has 4 N–H and O–H groups in total. The standard InChI is InChI=1S/C25H28N4O2/c1-16(2)23(24(26)30)19-12-18(14-27-15-19)17-6-7-21-20(13-17)22(29-28-21)8-11-25(31)9-4-3-5-10-25/h6-7,12-16,23,31H,3-5,9-10H2,1-2H3,(H2,26,30)(H,28,29). The van der Waals surface area contributed by atoms with Crippen LogP contribution in [0.4, 0.5) is 0 Å². The molecule has 31 heavy (non-hydrogen) atoms. The number of primary amides is 1. The number of nitrogens with one attached hydrogen (secondary N) is 1. The van der Waals surface area contributed by atoms with Gasteiger partial charge in [-0.25, -0.2) is 0 Å². The van der Waals surface area contributed by atoms with Crippen LogP contribution in [0.25, 0.3) is 22.0 Å². The normalized spacial score (nSPS) is 16.6. The largest absolute Gasteiger partial charge is 0.378 e. The van der Waals surface area contributed by atoms with Gasteiger partial charge in [0.05, 0.1) is 11.4 Å². The predicted octanol–water partition coefficient (Wildman–Crippen LogP) is 3.90. The molecule has 1 fully saturated rings. The van der Waals surface area contributed by atoms with Crippen molar-refractivity contribution in [2.24, 2.45) is 11.7 Å². The summed E-state index contributed by atoms with van der Waals surface area (Å²) in [5.41, 5.74) is 8.88. The molecular formula is C25H28N4O2. The number of amides is 1. The van der Waals surface area contributed by atoms with Crippen LogP contribution >= 0.6 is 0 Å². The molecule has 1 unspecified atom stereocenters. The zero-order valence-corrected chi connectivity index (χ0v) is 18.0. The maximum atomic E-state index is 11.9. The smallest absolute Gasteiger partial charge is 0.225 e. The van der Waals surface area contributed by atoms with Gasteiger partial charge in [0.25, 0.3) is 0 Å². The monoisotopic (exact) mass is 416 g/mol. The number of hydrogen-bond acceptors (Lipinski definition) is 4. The summed E-state index contributed by atoms with van der Waals surface area (Å²) in [6.07, 6.45) is 8.06. The lowest BCUT2D eigenvalue weighted by atomic mass is 9.85. The van der Waals surface area contributed by atoms with Crippen LogP contribution < -0.4 is 5.73 Å². The van der Waals surface area contributed by atoms with Gasteiger partial charge in [0.1, 0.15) is 11.3 Å². The van der Waals surface area contributed by atoms with Crippen LogP contribution in [-0.2, 0) is 4.79 Å². The fourth-order valence-electron chi connectivity index (χ4n) is 4.39. The molecule has 2 aromatic heterocycles. The molecule has 0 bridgehead atoms. The molecule has 6 heteroatoms. The number of aromatic amines is 1. The summed E-state index contributed by atoms with van der Waals surface area (Å²) in [5.74, 6) is 5.50. The number of carbonyl (C=O) groups is 1. The van der Waals surface area contributed by atoms with E-state index >= 15 is 0 Å². The van der Waals surface area contributed by atoms with Crippen molar-refractivity contribution in [2.75, 3.05) is 0 Å². The molecule has 6 nitrogen and oxygen atoms in total. The highest BCUT2D eigenvalue weighted by Crippen LogP contribution is 2.30. The first-order valence-electron chi connectivity index (χ1n) is 10.8. The van der Waals surface area contributed by atoms with Crippen LogP contribution in [0.5, 0.6) is 0 Å². The fraction of sp³-hybridized carbons (Fsp3) is 0.400. The lowest BCUT2D eigenvalue weighted by Crippen LogP contribution is -2.29. The Morgan fingerprint density at radius 2 is 1.94 bits per heavy atom. The minimum Gasteiger partial charge on any atom is -0.378 e. The lowest BCUT2D eigenvalue weighted by Gasteiger charge is -2.26. The Bertz CT molecular complexity index is 1160. The quantitative estimate of drug-likeness (QED) is 0.561. The van der Waals surface area contributed by atoms with E-state index in [1.54, 1.807) is 12.4 Å². The van der Waals surface area contributed by atoms with E-state index < -0.39 is 5.60 Å². The summed E-state index contributed by atoms with van der Waals surface area (Å²) in [6.45, 7) is 3.95. The number of nitrogens with two attached hydrogens (primary N) is 1. The third kappa shape index (κ3) is 4.47. The molecule has 4 rings (SSSR count). The number of rotatable bonds is 4. The maximum Gasteiger partial charge on any atom is 0.225 e. The van der Waals surface area contributed by atoms with Crippen molar-refractivity contribution in [2.45, 2.75) is 57.5 Å². The molecule has 0 aliphatic heterocycles. The molecule has 3 aromatic rings. The topological polar surface area (TPSA) is 105 Å². The number of aromatic nitrogens is 3. The van der Waals surface area contributed by atoms with E-state index in [4.69, 9.17) is 5.73 Å². The first-order chi connectivity index (χ1) is 14.9. The van der Waals surface area contributed by atoms with E-state index in [9.17, 15) is 9.90 Å². The first-order valence-corrected chi connectivity index (χ1v) is 10.8. The van der Waals surface area contributed by atoms with Crippen molar-refractivity contribution >= 4 is 16.8 Å². The van der Waals surface area contributed by atoms with Gasteiger partial charge in [-0.3, -0.25) is 14.9 Å². The van der Waals surface area contributed by atoms with Gasteiger partial charge >= 0.3 is 0 Å². The predicted molar refractivity (Wildman–Crippen MR) is 121 cm³/mol. The zero-order chi connectivity index (χ0) is 22.0. The van der Waals surface area contributed by atoms with Crippen molar-refractivity contribution in [3.8, 4) is 23.0 Å². The van der Waals surface area contributed by atoms with Crippen molar-refractivity contribution in [3.05, 3.63) is 47.9 Å². The number of H-pyrrole nitrogens is 1. The summed E-state index contributed by atoms with van der Waals surface area (Å²) in [6, 6.07) is 7.93. The average Bonchev–Trinajstić information content (AvgIpc) is 3.15. The second kappa shape index (κ2) is 8.52. The van der Waals surface area contributed by atoms with Crippen LogP contribution in [0.3, 0.4) is 0 Å². The summed E-state index contributed by atoms with van der Waals surface area (Å²) in [5, 5.41) is 18.9. The second-order valence-electron chi connectivity index (χ2n) is 8.81. The molecular weight excluding hydrogens is 388 g/mol. The van der Waals surface area contributed by atoms with Crippen molar-refractivity contribution in [1.29, 1.82) is 0 Å². The van der Waals surface area contributed by atoms with Crippen LogP contribution in [0.15, 0.2) is 36.7 Å². The molecule has 1 aliphatic carbocycles. The molecule has 0 radical (unpaired) electrons. The number of fused-ring (bicyclic) bond motifs is 1. The summed E-state index contributed by atoms with van der Waals surface area (Å²) in [4.78, 5) is 16.3. The summed E-state index contributed by atoms with van der Waals surface area (Å²) < 4.78 is 0. The SMILES string of the molecule is CC(C)C(C(N)=O)c1cncc(-c2ccc3[nH]nc(C#CC4(O)CCCCC4)c3c2)c1. The first kappa shape index (κ1) is 21.1. The van der Waals surface area contributed by atoms with E-state index in [1.165, 1.54) is 0 Å². The number of benzene rings is 1. The molecule has 1 atom stereocenters. The molecule has 2 heterocycles. The fourth-order valence-corrected chi connectivity index (χ4v) is 4.39. The van der Waals surface area contributed by atoms with Gasteiger partial charge < -0.3 is 10.8 Å². The van der Waals surface area contributed by atoms with Gasteiger partial charge in [0.2, 0.25) is 5.91 Å². The van der Waals surface area contributed by atoms with Gasteiger partial charge in [0.15, 0.2) is 0 Å². The zero-order valence-electron chi connectivity index (χ0n) is 18.0. The Balaban J connectivity index is 1.70. The Kier molecular flexibility index (Phi) is 5.79. The third-order valence-corrected chi connectivity index (χ3v) is 6.08. The summed E-state index contributed by atoms with van der Waals surface area (Å²) in [7, 11) is 0. The van der Waals surface area contributed by atoms with E-state index in [-0.39, 0.29) is 17.7 Å². The van der Waals surface area contributed by atoms with Gasteiger partial charge in [-0.1, -0.05) is 32.3 Å². The van der Waals surface area contributed by atoms with Crippen LogP contribution in [0.2, 0.25) is 0 Å². The number of aliphatic hydroxyl groups is 1. The molecule has 0 saturated heterocycles. The maximum absolute atomic E-state index is 11.9. The molecule has 160 valence electrons. The highest BCUT2D eigenvalue weighted by atomic mass is 16.3. The number of hydrogen-bond donors (Lipinski definition) is 3. The van der Waals surface area contributed by atoms with Crippen LogP contribution in [-0.4, -0.2) is 31.8 Å². The van der Waals surface area contributed by atoms with Gasteiger partial charge in [-0.15, -0.1) is 0 Å². The Morgan fingerprint density at radius 3 is 2.65 bits per heavy atom. The number of carbonyl (C=O) groups excluding carboxylic acids is 1. The Hall–Kier alpha value is -3.17. The summed E-state index contributed by atoms with van der Waals surface area (Å²) >= 11 is 0. The Labute approximate surface area is 182 Å². The average molecular weight is 417 g/mol. The van der Waals surface area contributed by atoms with E-state index in [0.29, 0.717) is 18.5 Å². The second-order valence-corrected chi connectivity index (χ2v) is 8.81. The molecule has 1 aliphatic rings. The van der Waals surface area contributed by atoms with E-state index in [2.05, 4.69) is 27.0 Å². The minimum absolute atomic E-state index is 0.0818. The molecule has 0 spiro atoms. The Morgan fingerprint density at radius 1 is 1.16 bits per heavy atom. The van der Waals surface area contributed by atoms with Crippen molar-refractivity contribution in [3.63, 3.8) is 0 Å². The molecule has 1 aromatic carbocycles. The van der Waals surface area contributed by atoms with Gasteiger partial charge in [0, 0.05) is 23.3 Å². The van der Waals surface area contributed by atoms with Crippen molar-refractivity contribution in [1.82, 2.24) is 15.2 Å². The number of pyridine rings is 1. The highest BCUT2D eigenvalue weighted by Gasteiger charge is 2.26. The van der Waals surface area contributed by atoms with E-state index in [1.807, 2.05) is 38.1 Å². The molecule has 1 saturated carbocycles. The third-order valence-electron chi connectivity index (χ3n) is 6.08. The highest BCUT2D eigenvalue weighted by molar-refractivity contribution is 5.89. The van der Waals surface area contributed by atoms with E-state index in [0.717, 1.165) is 46.9 Å². The van der Waals surface area contributed by atoms with Crippen LogP contribution in [0.1, 0.15) is 63.1 Å². The number of nitrogens with zero attached hydrogens (tertiary/aromatic N) is 2. The minimum atomic E-state index is -0.917.